The molecule has 0 radical (unpaired) electrons. The molecular formula is C11H23NO2. The Bertz CT molecular complexity index is 195. The lowest BCUT2D eigenvalue weighted by atomic mass is 9.71. The minimum Gasteiger partial charge on any atom is -0.481 e. The molecule has 0 aliphatic carbocycles. The molecule has 0 aliphatic heterocycles. The summed E-state index contributed by atoms with van der Waals surface area (Å²) in [5.41, 5.74) is 5.61. The lowest BCUT2D eigenvalue weighted by molar-refractivity contribution is -0.139. The molecule has 0 spiro atoms. The van der Waals surface area contributed by atoms with E-state index in [1.54, 1.807) is 0 Å². The number of carbonyl (C=O) groups is 1. The topological polar surface area (TPSA) is 63.3 Å². The highest BCUT2D eigenvalue weighted by Gasteiger charge is 2.31. The second-order valence-electron chi connectivity index (χ2n) is 5.28. The number of carboxylic acids is 1. The summed E-state index contributed by atoms with van der Waals surface area (Å²) in [4.78, 5) is 10.6. The number of carboxylic acid groups (broad SMARTS) is 1. The predicted molar refractivity (Wildman–Crippen MR) is 58.1 cm³/mol. The van der Waals surface area contributed by atoms with Crippen LogP contribution in [-0.2, 0) is 4.79 Å². The van der Waals surface area contributed by atoms with E-state index in [0.717, 1.165) is 12.8 Å². The first-order chi connectivity index (χ1) is 6.24. The summed E-state index contributed by atoms with van der Waals surface area (Å²) < 4.78 is 0. The van der Waals surface area contributed by atoms with Gasteiger partial charge in [0.05, 0.1) is 6.42 Å². The molecule has 0 heterocycles. The third kappa shape index (κ3) is 4.61. The van der Waals surface area contributed by atoms with Crippen LogP contribution in [0, 0.1) is 10.8 Å². The number of rotatable bonds is 6. The standard InChI is InChI=1S/C11H23NO2/c1-5-11(4,8-12)7-10(2,3)6-9(13)14/h5-8,12H2,1-4H3,(H,13,14). The van der Waals surface area contributed by atoms with Crippen molar-refractivity contribution in [2.45, 2.75) is 47.0 Å². The number of aliphatic carboxylic acids is 1. The van der Waals surface area contributed by atoms with E-state index in [4.69, 9.17) is 10.8 Å². The quantitative estimate of drug-likeness (QED) is 0.692. The van der Waals surface area contributed by atoms with Gasteiger partial charge in [-0.3, -0.25) is 4.79 Å². The molecule has 1 unspecified atom stereocenters. The van der Waals surface area contributed by atoms with Gasteiger partial charge in [0.15, 0.2) is 0 Å². The zero-order chi connectivity index (χ0) is 11.4. The number of hydrogen-bond donors (Lipinski definition) is 2. The van der Waals surface area contributed by atoms with E-state index in [9.17, 15) is 4.79 Å². The fraction of sp³-hybridized carbons (Fsp3) is 0.909. The van der Waals surface area contributed by atoms with E-state index in [2.05, 4.69) is 13.8 Å². The molecule has 0 saturated heterocycles. The van der Waals surface area contributed by atoms with Crippen LogP contribution in [0.25, 0.3) is 0 Å². The molecule has 0 bridgehead atoms. The van der Waals surface area contributed by atoms with Gasteiger partial charge >= 0.3 is 5.97 Å². The Kier molecular flexibility index (Phi) is 4.59. The van der Waals surface area contributed by atoms with Gasteiger partial charge in [0.25, 0.3) is 0 Å². The maximum atomic E-state index is 10.6. The Hall–Kier alpha value is -0.570. The van der Waals surface area contributed by atoms with Crippen molar-refractivity contribution in [1.29, 1.82) is 0 Å². The summed E-state index contributed by atoms with van der Waals surface area (Å²) in [5.74, 6) is -0.731. The fourth-order valence-electron chi connectivity index (χ4n) is 1.97. The van der Waals surface area contributed by atoms with Crippen LogP contribution in [0.3, 0.4) is 0 Å². The van der Waals surface area contributed by atoms with E-state index in [-0.39, 0.29) is 17.3 Å². The van der Waals surface area contributed by atoms with Crippen LogP contribution in [-0.4, -0.2) is 17.6 Å². The van der Waals surface area contributed by atoms with Crippen molar-refractivity contribution in [3.8, 4) is 0 Å². The van der Waals surface area contributed by atoms with Crippen molar-refractivity contribution in [2.75, 3.05) is 6.54 Å². The number of hydrogen-bond acceptors (Lipinski definition) is 2. The lowest BCUT2D eigenvalue weighted by Crippen LogP contribution is -2.33. The summed E-state index contributed by atoms with van der Waals surface area (Å²) in [6.07, 6.45) is 2.06. The third-order valence-corrected chi connectivity index (χ3v) is 2.88. The molecule has 0 aromatic rings. The highest BCUT2D eigenvalue weighted by molar-refractivity contribution is 5.67. The van der Waals surface area contributed by atoms with Gasteiger partial charge < -0.3 is 10.8 Å². The average molecular weight is 201 g/mol. The maximum Gasteiger partial charge on any atom is 0.303 e. The average Bonchev–Trinajstić information content (AvgIpc) is 2.01. The molecule has 3 heteroatoms. The largest absolute Gasteiger partial charge is 0.481 e. The second-order valence-corrected chi connectivity index (χ2v) is 5.28. The molecule has 14 heavy (non-hydrogen) atoms. The zero-order valence-electron chi connectivity index (χ0n) is 9.76. The molecule has 0 aromatic carbocycles. The maximum absolute atomic E-state index is 10.6. The minimum absolute atomic E-state index is 0.0684. The van der Waals surface area contributed by atoms with Gasteiger partial charge in [-0.25, -0.2) is 0 Å². The molecule has 0 rings (SSSR count). The second kappa shape index (κ2) is 4.78. The van der Waals surface area contributed by atoms with Crippen LogP contribution >= 0.6 is 0 Å². The van der Waals surface area contributed by atoms with E-state index in [0.29, 0.717) is 6.54 Å². The lowest BCUT2D eigenvalue weighted by Gasteiger charge is -2.35. The molecule has 1 atom stereocenters. The highest BCUT2D eigenvalue weighted by Crippen LogP contribution is 2.37. The van der Waals surface area contributed by atoms with Crippen LogP contribution < -0.4 is 5.73 Å². The zero-order valence-corrected chi connectivity index (χ0v) is 9.76. The van der Waals surface area contributed by atoms with Crippen molar-refractivity contribution < 1.29 is 9.90 Å². The van der Waals surface area contributed by atoms with Gasteiger partial charge in [-0.05, 0) is 30.2 Å². The Morgan fingerprint density at radius 3 is 2.14 bits per heavy atom. The van der Waals surface area contributed by atoms with Gasteiger partial charge in [-0.1, -0.05) is 27.7 Å². The predicted octanol–water partition coefficient (Wildman–Crippen LogP) is 2.25. The first-order valence-electron chi connectivity index (χ1n) is 5.16. The normalized spacial score (nSPS) is 16.4. The van der Waals surface area contributed by atoms with E-state index in [1.807, 2.05) is 13.8 Å². The van der Waals surface area contributed by atoms with Crippen molar-refractivity contribution in [3.05, 3.63) is 0 Å². The molecule has 0 saturated carbocycles. The van der Waals surface area contributed by atoms with Crippen LogP contribution in [0.5, 0.6) is 0 Å². The minimum atomic E-state index is -0.731. The molecule has 84 valence electrons. The molecule has 0 amide bonds. The van der Waals surface area contributed by atoms with Crippen LogP contribution in [0.1, 0.15) is 47.0 Å². The molecule has 0 fully saturated rings. The van der Waals surface area contributed by atoms with Crippen molar-refractivity contribution in [1.82, 2.24) is 0 Å². The number of nitrogens with two attached hydrogens (primary N) is 1. The molecule has 0 aromatic heterocycles. The van der Waals surface area contributed by atoms with Gasteiger partial charge in [0.2, 0.25) is 0 Å². The highest BCUT2D eigenvalue weighted by atomic mass is 16.4. The summed E-state index contributed by atoms with van der Waals surface area (Å²) in [5, 5.41) is 8.76. The SMILES string of the molecule is CCC(C)(CN)CC(C)(C)CC(=O)O. The Balaban J connectivity index is 4.39. The van der Waals surface area contributed by atoms with E-state index >= 15 is 0 Å². The van der Waals surface area contributed by atoms with Crippen molar-refractivity contribution in [3.63, 3.8) is 0 Å². The summed E-state index contributed by atoms with van der Waals surface area (Å²) in [6, 6.07) is 0. The summed E-state index contributed by atoms with van der Waals surface area (Å²) in [7, 11) is 0. The first kappa shape index (κ1) is 13.4. The van der Waals surface area contributed by atoms with Gasteiger partial charge in [0, 0.05) is 0 Å². The van der Waals surface area contributed by atoms with E-state index in [1.165, 1.54) is 0 Å². The van der Waals surface area contributed by atoms with Crippen LogP contribution in [0.2, 0.25) is 0 Å². The summed E-state index contributed by atoms with van der Waals surface area (Å²) >= 11 is 0. The molecular weight excluding hydrogens is 178 g/mol. The molecule has 3 N–H and O–H groups in total. The van der Waals surface area contributed by atoms with Crippen molar-refractivity contribution in [2.24, 2.45) is 16.6 Å². The van der Waals surface area contributed by atoms with Crippen molar-refractivity contribution >= 4 is 5.97 Å². The Labute approximate surface area is 86.7 Å². The van der Waals surface area contributed by atoms with Gasteiger partial charge in [-0.15, -0.1) is 0 Å². The Morgan fingerprint density at radius 1 is 1.36 bits per heavy atom. The monoisotopic (exact) mass is 201 g/mol. The summed E-state index contributed by atoms with van der Waals surface area (Å²) in [6.45, 7) is 8.82. The van der Waals surface area contributed by atoms with Gasteiger partial charge in [0.1, 0.15) is 0 Å². The smallest absolute Gasteiger partial charge is 0.303 e. The van der Waals surface area contributed by atoms with Crippen LogP contribution in [0.15, 0.2) is 0 Å². The fourth-order valence-corrected chi connectivity index (χ4v) is 1.97. The van der Waals surface area contributed by atoms with Crippen LogP contribution in [0.4, 0.5) is 0 Å². The Morgan fingerprint density at radius 2 is 1.86 bits per heavy atom. The third-order valence-electron chi connectivity index (χ3n) is 2.88. The van der Waals surface area contributed by atoms with E-state index < -0.39 is 5.97 Å². The van der Waals surface area contributed by atoms with Gasteiger partial charge in [-0.2, -0.15) is 0 Å². The molecule has 3 nitrogen and oxygen atoms in total. The molecule has 0 aliphatic rings. The first-order valence-corrected chi connectivity index (χ1v) is 5.16.